The molecule has 3 N–H and O–H groups in total. The smallest absolute Gasteiger partial charge is 0.231 e. The first-order valence-corrected chi connectivity index (χ1v) is 6.50. The molecule has 0 spiro atoms. The minimum atomic E-state index is -0.231. The Hall–Kier alpha value is -0.740. The largest absolute Gasteiger partial charge is 0.324 e. The summed E-state index contributed by atoms with van der Waals surface area (Å²) < 4.78 is 0. The van der Waals surface area contributed by atoms with Crippen molar-refractivity contribution < 1.29 is 4.79 Å². The fourth-order valence-electron chi connectivity index (χ4n) is 1.77. The highest BCUT2D eigenvalue weighted by atomic mass is 35.5. The molecular formula is C12H11Cl3N2O. The van der Waals surface area contributed by atoms with E-state index >= 15 is 0 Å². The molecule has 1 aliphatic carbocycles. The molecule has 1 aliphatic rings. The van der Waals surface area contributed by atoms with Crippen molar-refractivity contribution >= 4 is 46.4 Å². The van der Waals surface area contributed by atoms with Crippen LogP contribution in [0.4, 0.5) is 5.69 Å². The van der Waals surface area contributed by atoms with Crippen molar-refractivity contribution in [2.45, 2.75) is 12.5 Å². The SMILES string of the molecule is NC1C=CC(C(=O)Nc2cc(Cl)c(Cl)cc2Cl)C1. The lowest BCUT2D eigenvalue weighted by Gasteiger charge is -2.12. The molecule has 1 aromatic carbocycles. The quantitative estimate of drug-likeness (QED) is 0.649. The van der Waals surface area contributed by atoms with Crippen molar-refractivity contribution in [3.05, 3.63) is 39.4 Å². The second-order valence-electron chi connectivity index (χ2n) is 4.13. The van der Waals surface area contributed by atoms with E-state index in [1.807, 2.05) is 6.08 Å². The van der Waals surface area contributed by atoms with Gasteiger partial charge in [-0.3, -0.25) is 4.79 Å². The van der Waals surface area contributed by atoms with Crippen molar-refractivity contribution in [2.24, 2.45) is 11.7 Å². The molecule has 0 aliphatic heterocycles. The van der Waals surface area contributed by atoms with E-state index in [2.05, 4.69) is 5.32 Å². The van der Waals surface area contributed by atoms with Gasteiger partial charge in [-0.2, -0.15) is 0 Å². The van der Waals surface area contributed by atoms with Crippen LogP contribution >= 0.6 is 34.8 Å². The average Bonchev–Trinajstić information content (AvgIpc) is 2.73. The van der Waals surface area contributed by atoms with Gasteiger partial charge in [0.2, 0.25) is 5.91 Å². The van der Waals surface area contributed by atoms with Gasteiger partial charge in [0.15, 0.2) is 0 Å². The Bertz CT molecular complexity index is 516. The zero-order chi connectivity index (χ0) is 13.3. The summed E-state index contributed by atoms with van der Waals surface area (Å²) in [4.78, 5) is 12.0. The Kier molecular flexibility index (Phi) is 4.17. The standard InChI is InChI=1S/C12H11Cl3N2O/c13-8-4-10(15)11(5-9(8)14)17-12(18)6-1-2-7(16)3-6/h1-2,4-7H,3,16H2,(H,17,18). The molecule has 18 heavy (non-hydrogen) atoms. The number of rotatable bonds is 2. The molecule has 0 bridgehead atoms. The van der Waals surface area contributed by atoms with Gasteiger partial charge in [0.05, 0.1) is 26.7 Å². The fourth-order valence-corrected chi connectivity index (χ4v) is 2.36. The molecule has 0 saturated heterocycles. The maximum Gasteiger partial charge on any atom is 0.231 e. The van der Waals surface area contributed by atoms with Gasteiger partial charge in [0, 0.05) is 6.04 Å². The summed E-state index contributed by atoms with van der Waals surface area (Å²) in [5, 5.41) is 3.76. The third-order valence-electron chi connectivity index (χ3n) is 2.72. The third kappa shape index (κ3) is 2.98. The van der Waals surface area contributed by atoms with E-state index in [1.165, 1.54) is 12.1 Å². The number of nitrogens with two attached hydrogens (primary N) is 1. The first kappa shape index (κ1) is 13.7. The summed E-state index contributed by atoms with van der Waals surface area (Å²) in [6.07, 6.45) is 4.22. The van der Waals surface area contributed by atoms with Gasteiger partial charge in [0.25, 0.3) is 0 Å². The number of halogens is 3. The third-order valence-corrected chi connectivity index (χ3v) is 3.76. The predicted molar refractivity (Wildman–Crippen MR) is 75.3 cm³/mol. The summed E-state index contributed by atoms with van der Waals surface area (Å²) in [5.74, 6) is -0.384. The molecule has 0 radical (unpaired) electrons. The number of benzene rings is 1. The number of anilines is 1. The number of amides is 1. The van der Waals surface area contributed by atoms with Crippen molar-refractivity contribution in [3.63, 3.8) is 0 Å². The molecule has 2 rings (SSSR count). The van der Waals surface area contributed by atoms with Crippen LogP contribution in [0.25, 0.3) is 0 Å². The molecular weight excluding hydrogens is 295 g/mol. The van der Waals surface area contributed by atoms with Gasteiger partial charge in [-0.05, 0) is 18.6 Å². The Morgan fingerprint density at radius 2 is 1.83 bits per heavy atom. The molecule has 1 aromatic rings. The lowest BCUT2D eigenvalue weighted by molar-refractivity contribution is -0.118. The van der Waals surface area contributed by atoms with Crippen LogP contribution in [0, 0.1) is 5.92 Å². The Labute approximate surface area is 120 Å². The Morgan fingerprint density at radius 3 is 2.44 bits per heavy atom. The van der Waals surface area contributed by atoms with E-state index in [-0.39, 0.29) is 17.9 Å². The lowest BCUT2D eigenvalue weighted by atomic mass is 10.1. The van der Waals surface area contributed by atoms with E-state index in [0.29, 0.717) is 27.2 Å². The first-order valence-electron chi connectivity index (χ1n) is 5.36. The first-order chi connectivity index (χ1) is 8.47. The zero-order valence-corrected chi connectivity index (χ0v) is 11.6. The summed E-state index contributed by atoms with van der Waals surface area (Å²) >= 11 is 17.7. The van der Waals surface area contributed by atoms with E-state index in [9.17, 15) is 4.79 Å². The van der Waals surface area contributed by atoms with Crippen LogP contribution in [0.5, 0.6) is 0 Å². The monoisotopic (exact) mass is 304 g/mol. The highest BCUT2D eigenvalue weighted by Crippen LogP contribution is 2.32. The summed E-state index contributed by atoms with van der Waals surface area (Å²) in [6, 6.07) is 2.96. The summed E-state index contributed by atoms with van der Waals surface area (Å²) in [6.45, 7) is 0. The number of hydrogen-bond donors (Lipinski definition) is 2. The zero-order valence-electron chi connectivity index (χ0n) is 9.29. The van der Waals surface area contributed by atoms with E-state index < -0.39 is 0 Å². The maximum absolute atomic E-state index is 12.0. The summed E-state index contributed by atoms with van der Waals surface area (Å²) in [5.41, 5.74) is 6.15. The second kappa shape index (κ2) is 5.49. The molecule has 0 fully saturated rings. The van der Waals surface area contributed by atoms with Crippen LogP contribution in [-0.2, 0) is 4.79 Å². The van der Waals surface area contributed by atoms with Crippen LogP contribution in [0.15, 0.2) is 24.3 Å². The molecule has 2 unspecified atom stereocenters. The maximum atomic E-state index is 12.0. The molecule has 2 atom stereocenters. The van der Waals surface area contributed by atoms with Gasteiger partial charge in [-0.15, -0.1) is 0 Å². The highest BCUT2D eigenvalue weighted by molar-refractivity contribution is 6.44. The molecule has 0 saturated carbocycles. The molecule has 6 heteroatoms. The number of hydrogen-bond acceptors (Lipinski definition) is 2. The van der Waals surface area contributed by atoms with Crippen LogP contribution in [0.1, 0.15) is 6.42 Å². The minimum absolute atomic E-state index is 0.0648. The van der Waals surface area contributed by atoms with Gasteiger partial charge >= 0.3 is 0 Å². The normalized spacial score (nSPS) is 22.2. The fraction of sp³-hybridized carbons (Fsp3) is 0.250. The van der Waals surface area contributed by atoms with Crippen molar-refractivity contribution in [2.75, 3.05) is 5.32 Å². The van der Waals surface area contributed by atoms with Crippen LogP contribution in [0.3, 0.4) is 0 Å². The van der Waals surface area contributed by atoms with E-state index in [4.69, 9.17) is 40.5 Å². The molecule has 3 nitrogen and oxygen atoms in total. The highest BCUT2D eigenvalue weighted by Gasteiger charge is 2.23. The van der Waals surface area contributed by atoms with Gasteiger partial charge in [0.1, 0.15) is 0 Å². The molecule has 96 valence electrons. The number of carbonyl (C=O) groups excluding carboxylic acids is 1. The van der Waals surface area contributed by atoms with Gasteiger partial charge in [-0.1, -0.05) is 47.0 Å². The molecule has 0 aromatic heterocycles. The molecule has 0 heterocycles. The average molecular weight is 306 g/mol. The van der Waals surface area contributed by atoms with Crippen LogP contribution in [0.2, 0.25) is 15.1 Å². The van der Waals surface area contributed by atoms with Gasteiger partial charge < -0.3 is 11.1 Å². The Morgan fingerprint density at radius 1 is 1.17 bits per heavy atom. The number of nitrogens with one attached hydrogen (secondary N) is 1. The second-order valence-corrected chi connectivity index (χ2v) is 5.35. The van der Waals surface area contributed by atoms with Crippen LogP contribution < -0.4 is 11.1 Å². The van der Waals surface area contributed by atoms with Crippen molar-refractivity contribution in [1.29, 1.82) is 0 Å². The lowest BCUT2D eigenvalue weighted by Crippen LogP contribution is -2.24. The summed E-state index contributed by atoms with van der Waals surface area (Å²) in [7, 11) is 0. The predicted octanol–water partition coefficient (Wildman–Crippen LogP) is 3.49. The minimum Gasteiger partial charge on any atom is -0.324 e. The van der Waals surface area contributed by atoms with Crippen molar-refractivity contribution in [1.82, 2.24) is 0 Å². The molecule has 1 amide bonds. The number of carbonyl (C=O) groups is 1. The van der Waals surface area contributed by atoms with Gasteiger partial charge in [-0.25, -0.2) is 0 Å². The van der Waals surface area contributed by atoms with E-state index in [0.717, 1.165) is 0 Å². The van der Waals surface area contributed by atoms with Crippen LogP contribution in [-0.4, -0.2) is 11.9 Å². The topological polar surface area (TPSA) is 55.1 Å². The van der Waals surface area contributed by atoms with E-state index in [1.54, 1.807) is 6.08 Å². The van der Waals surface area contributed by atoms with Crippen molar-refractivity contribution in [3.8, 4) is 0 Å². The Balaban J connectivity index is 2.12.